The van der Waals surface area contributed by atoms with Gasteiger partial charge in [-0.15, -0.1) is 0 Å². The van der Waals surface area contributed by atoms with Crippen molar-refractivity contribution in [2.24, 2.45) is 11.1 Å². The summed E-state index contributed by atoms with van der Waals surface area (Å²) >= 11 is 0. The van der Waals surface area contributed by atoms with Gasteiger partial charge in [-0.2, -0.15) is 0 Å². The third-order valence-electron chi connectivity index (χ3n) is 3.89. The Bertz CT molecular complexity index is 687. The van der Waals surface area contributed by atoms with Crippen LogP contribution in [-0.4, -0.2) is 63.6 Å². The molecule has 32 heavy (non-hydrogen) atoms. The fourth-order valence-corrected chi connectivity index (χ4v) is 2.27. The van der Waals surface area contributed by atoms with Crippen LogP contribution >= 0.6 is 0 Å². The fourth-order valence-electron chi connectivity index (χ4n) is 2.27. The molecule has 0 saturated carbocycles. The van der Waals surface area contributed by atoms with E-state index in [1.807, 2.05) is 39.8 Å². The van der Waals surface area contributed by atoms with Gasteiger partial charge in [-0.3, -0.25) is 9.59 Å². The van der Waals surface area contributed by atoms with Crippen LogP contribution in [0.2, 0.25) is 0 Å². The number of nitrogens with zero attached hydrogens (tertiary/aromatic N) is 1. The van der Waals surface area contributed by atoms with Crippen molar-refractivity contribution in [3.05, 3.63) is 29.8 Å². The quantitative estimate of drug-likeness (QED) is 0.214. The molecule has 0 fully saturated rings. The van der Waals surface area contributed by atoms with Crippen LogP contribution in [0.3, 0.4) is 0 Å². The van der Waals surface area contributed by atoms with Gasteiger partial charge >= 0.3 is 0 Å². The van der Waals surface area contributed by atoms with Crippen LogP contribution in [0.5, 0.6) is 5.75 Å². The lowest BCUT2D eigenvalue weighted by atomic mass is 10.2. The Morgan fingerprint density at radius 2 is 1.62 bits per heavy atom. The van der Waals surface area contributed by atoms with E-state index in [9.17, 15) is 9.59 Å². The Morgan fingerprint density at radius 3 is 2.28 bits per heavy atom. The molecule has 0 spiro atoms. The van der Waals surface area contributed by atoms with E-state index in [1.165, 1.54) is 0 Å². The second-order valence-corrected chi connectivity index (χ2v) is 7.77. The molecule has 180 valence electrons. The molecule has 9 heteroatoms. The van der Waals surface area contributed by atoms with Gasteiger partial charge in [0.15, 0.2) is 6.61 Å². The summed E-state index contributed by atoms with van der Waals surface area (Å²) in [6.45, 7) is 10.7. The highest BCUT2D eigenvalue weighted by Crippen LogP contribution is 2.12. The first-order chi connectivity index (χ1) is 15.4. The highest BCUT2D eigenvalue weighted by Gasteiger charge is 2.04. The molecule has 2 N–H and O–H groups in total. The number of ether oxygens (including phenoxy) is 3. The van der Waals surface area contributed by atoms with Crippen molar-refractivity contribution in [2.45, 2.75) is 40.7 Å². The summed E-state index contributed by atoms with van der Waals surface area (Å²) in [5.74, 6) is 0.803. The van der Waals surface area contributed by atoms with Gasteiger partial charge in [-0.05, 0) is 37.5 Å². The maximum Gasteiger partial charge on any atom is 0.258 e. The van der Waals surface area contributed by atoms with Gasteiger partial charge in [0, 0.05) is 19.5 Å². The van der Waals surface area contributed by atoms with Crippen LogP contribution in [0.1, 0.15) is 39.7 Å². The molecule has 0 aliphatic carbocycles. The van der Waals surface area contributed by atoms with Gasteiger partial charge in [-0.1, -0.05) is 31.1 Å². The molecule has 0 aliphatic rings. The van der Waals surface area contributed by atoms with Gasteiger partial charge in [0.2, 0.25) is 5.91 Å². The number of hydrogen-bond donors (Lipinski definition) is 2. The first-order valence-corrected chi connectivity index (χ1v) is 10.9. The molecule has 0 bridgehead atoms. The average molecular weight is 452 g/mol. The predicted octanol–water partition coefficient (Wildman–Crippen LogP) is 2.29. The number of benzene rings is 1. The van der Waals surface area contributed by atoms with Crippen LogP contribution in [0, 0.1) is 5.92 Å². The Hall–Kier alpha value is -2.65. The van der Waals surface area contributed by atoms with Crippen LogP contribution in [0.4, 0.5) is 0 Å². The molecule has 0 radical (unpaired) electrons. The van der Waals surface area contributed by atoms with Crippen LogP contribution in [0.25, 0.3) is 0 Å². The standard InChI is InChI=1S/C23H37N3O6/c1-18(2)15-25-22(27)9-11-29-13-14-30-12-10-24-23(28)17-31-21-7-5-20(6-8-21)16-32-26-19(3)4/h5-8,18H,9-17H2,1-4H3,(H,24,28)(H,25,27). The van der Waals surface area contributed by atoms with Crippen LogP contribution in [0.15, 0.2) is 29.4 Å². The Morgan fingerprint density at radius 1 is 0.938 bits per heavy atom. The SMILES string of the molecule is CC(C)=NOCc1ccc(OCC(=O)NCCOCCOCCC(=O)NCC(C)C)cc1. The highest BCUT2D eigenvalue weighted by atomic mass is 16.6. The number of rotatable bonds is 17. The van der Waals surface area contributed by atoms with Gasteiger partial charge in [0.05, 0.1) is 32.1 Å². The molecule has 9 nitrogen and oxygen atoms in total. The Kier molecular flexibility index (Phi) is 14.5. The predicted molar refractivity (Wildman–Crippen MR) is 123 cm³/mol. The number of oxime groups is 1. The minimum Gasteiger partial charge on any atom is -0.484 e. The van der Waals surface area contributed by atoms with Crippen molar-refractivity contribution in [3.63, 3.8) is 0 Å². The maximum atomic E-state index is 11.8. The summed E-state index contributed by atoms with van der Waals surface area (Å²) in [7, 11) is 0. The summed E-state index contributed by atoms with van der Waals surface area (Å²) in [6.07, 6.45) is 0.340. The third-order valence-corrected chi connectivity index (χ3v) is 3.89. The summed E-state index contributed by atoms with van der Waals surface area (Å²) < 4.78 is 16.2. The van der Waals surface area contributed by atoms with Gasteiger partial charge in [0.25, 0.3) is 5.91 Å². The number of carbonyl (C=O) groups excluding carboxylic acids is 2. The smallest absolute Gasteiger partial charge is 0.258 e. The lowest BCUT2D eigenvalue weighted by Crippen LogP contribution is -2.32. The van der Waals surface area contributed by atoms with Gasteiger partial charge < -0.3 is 29.7 Å². The number of amides is 2. The first kappa shape index (κ1) is 27.4. The zero-order valence-electron chi connectivity index (χ0n) is 19.6. The molecule has 0 heterocycles. The maximum absolute atomic E-state index is 11.8. The van der Waals surface area contributed by atoms with Crippen molar-refractivity contribution in [1.29, 1.82) is 0 Å². The second kappa shape index (κ2) is 17.0. The van der Waals surface area contributed by atoms with E-state index >= 15 is 0 Å². The van der Waals surface area contributed by atoms with E-state index in [2.05, 4.69) is 15.8 Å². The number of hydrogen-bond acceptors (Lipinski definition) is 7. The molecule has 0 atom stereocenters. The molecule has 1 aromatic rings. The number of carbonyl (C=O) groups is 2. The monoisotopic (exact) mass is 451 g/mol. The summed E-state index contributed by atoms with van der Waals surface area (Å²) in [4.78, 5) is 28.5. The van der Waals surface area contributed by atoms with Crippen molar-refractivity contribution < 1.29 is 28.6 Å². The number of nitrogens with one attached hydrogen (secondary N) is 2. The lowest BCUT2D eigenvalue weighted by Gasteiger charge is -2.09. The van der Waals surface area contributed by atoms with Crippen molar-refractivity contribution in [1.82, 2.24) is 10.6 Å². The molecule has 1 rings (SSSR count). The fraction of sp³-hybridized carbons (Fsp3) is 0.609. The molecule has 0 aliphatic heterocycles. The normalized spacial score (nSPS) is 10.5. The van der Waals surface area contributed by atoms with Crippen molar-refractivity contribution >= 4 is 17.5 Å². The first-order valence-electron chi connectivity index (χ1n) is 10.9. The Labute approximate surface area is 190 Å². The zero-order valence-corrected chi connectivity index (χ0v) is 19.6. The van der Waals surface area contributed by atoms with E-state index in [0.29, 0.717) is 64.2 Å². The van der Waals surface area contributed by atoms with Crippen LogP contribution in [-0.2, 0) is 30.5 Å². The van der Waals surface area contributed by atoms with E-state index in [4.69, 9.17) is 19.0 Å². The molecular formula is C23H37N3O6. The summed E-state index contributed by atoms with van der Waals surface area (Å²) in [5, 5.41) is 9.44. The third kappa shape index (κ3) is 15.2. The van der Waals surface area contributed by atoms with Gasteiger partial charge in [-0.25, -0.2) is 0 Å². The highest BCUT2D eigenvalue weighted by molar-refractivity contribution is 5.78. The summed E-state index contributed by atoms with van der Waals surface area (Å²) in [6, 6.07) is 7.29. The molecule has 0 aromatic heterocycles. The van der Waals surface area contributed by atoms with E-state index in [-0.39, 0.29) is 18.4 Å². The molecular weight excluding hydrogens is 414 g/mol. The van der Waals surface area contributed by atoms with E-state index in [0.717, 1.165) is 11.3 Å². The topological polar surface area (TPSA) is 107 Å². The minimum absolute atomic E-state index is 0.00807. The van der Waals surface area contributed by atoms with Crippen LogP contribution < -0.4 is 15.4 Å². The Balaban J connectivity index is 1.99. The molecule has 0 unspecified atom stereocenters. The van der Waals surface area contributed by atoms with Crippen molar-refractivity contribution in [3.8, 4) is 5.75 Å². The minimum atomic E-state index is -0.225. The lowest BCUT2D eigenvalue weighted by molar-refractivity contribution is -0.123. The van der Waals surface area contributed by atoms with E-state index < -0.39 is 0 Å². The van der Waals surface area contributed by atoms with Crippen molar-refractivity contribution in [2.75, 3.05) is 46.1 Å². The molecule has 1 aromatic carbocycles. The summed E-state index contributed by atoms with van der Waals surface area (Å²) in [5.41, 5.74) is 1.82. The molecule has 2 amide bonds. The largest absolute Gasteiger partial charge is 0.484 e. The second-order valence-electron chi connectivity index (χ2n) is 7.77. The van der Waals surface area contributed by atoms with E-state index in [1.54, 1.807) is 12.1 Å². The zero-order chi connectivity index (χ0) is 23.6. The average Bonchev–Trinajstić information content (AvgIpc) is 2.75. The van der Waals surface area contributed by atoms with Gasteiger partial charge in [0.1, 0.15) is 12.4 Å². The molecule has 0 saturated heterocycles.